The van der Waals surface area contributed by atoms with Gasteiger partial charge < -0.3 is 9.80 Å². The summed E-state index contributed by atoms with van der Waals surface area (Å²) in [6.07, 6.45) is 12.2. The highest BCUT2D eigenvalue weighted by Gasteiger charge is 2.29. The second kappa shape index (κ2) is 8.29. The van der Waals surface area contributed by atoms with Gasteiger partial charge in [-0.05, 0) is 51.4 Å². The zero-order chi connectivity index (χ0) is 16.1. The number of hydrogen-bond acceptors (Lipinski definition) is 3. The number of nitrogens with zero attached hydrogens (tertiary/aromatic N) is 3. The lowest BCUT2D eigenvalue weighted by Crippen LogP contribution is -2.55. The average Bonchev–Trinajstić information content (AvgIpc) is 2.63. The molecule has 1 amide bonds. The second-order valence-corrected chi connectivity index (χ2v) is 7.55. The molecular formula is C19H33N3O. The van der Waals surface area contributed by atoms with E-state index in [4.69, 9.17) is 0 Å². The third kappa shape index (κ3) is 4.57. The lowest BCUT2D eigenvalue weighted by molar-refractivity contribution is -0.138. The van der Waals surface area contributed by atoms with Crippen molar-refractivity contribution in [2.45, 2.75) is 51.5 Å². The van der Waals surface area contributed by atoms with E-state index in [-0.39, 0.29) is 6.04 Å². The van der Waals surface area contributed by atoms with E-state index in [1.54, 1.807) is 0 Å². The topological polar surface area (TPSA) is 26.8 Å². The summed E-state index contributed by atoms with van der Waals surface area (Å²) in [5.74, 6) is 1.20. The van der Waals surface area contributed by atoms with Crippen LogP contribution < -0.4 is 0 Å². The van der Waals surface area contributed by atoms with Gasteiger partial charge in [-0.3, -0.25) is 9.69 Å². The number of allylic oxidation sites excluding steroid dienone is 2. The highest BCUT2D eigenvalue weighted by molar-refractivity contribution is 5.81. The van der Waals surface area contributed by atoms with Gasteiger partial charge in [-0.25, -0.2) is 0 Å². The number of amides is 1. The first kappa shape index (κ1) is 17.0. The normalized spacial score (nSPS) is 28.7. The van der Waals surface area contributed by atoms with Crippen LogP contribution in [0.15, 0.2) is 12.2 Å². The Kier molecular flexibility index (Phi) is 6.12. The molecule has 0 aromatic heterocycles. The lowest BCUT2D eigenvalue weighted by Gasteiger charge is -2.40. The van der Waals surface area contributed by atoms with E-state index in [1.165, 1.54) is 45.1 Å². The van der Waals surface area contributed by atoms with Crippen LogP contribution in [0.25, 0.3) is 0 Å². The number of piperidine rings is 1. The minimum Gasteiger partial charge on any atom is -0.341 e. The first-order valence-corrected chi connectivity index (χ1v) is 9.64. The van der Waals surface area contributed by atoms with Gasteiger partial charge in [0.2, 0.25) is 5.91 Å². The molecule has 0 N–H and O–H groups in total. The van der Waals surface area contributed by atoms with Gasteiger partial charge in [-0.1, -0.05) is 12.2 Å². The summed E-state index contributed by atoms with van der Waals surface area (Å²) in [6.45, 7) is 9.63. The van der Waals surface area contributed by atoms with Gasteiger partial charge in [-0.15, -0.1) is 0 Å². The summed E-state index contributed by atoms with van der Waals surface area (Å²) in [5, 5.41) is 0. The van der Waals surface area contributed by atoms with Crippen molar-refractivity contribution in [3.05, 3.63) is 12.2 Å². The number of piperazine rings is 1. The summed E-state index contributed by atoms with van der Waals surface area (Å²) >= 11 is 0. The highest BCUT2D eigenvalue weighted by Crippen LogP contribution is 2.20. The van der Waals surface area contributed by atoms with Gasteiger partial charge in [0.25, 0.3) is 0 Å². The van der Waals surface area contributed by atoms with E-state index in [0.717, 1.165) is 45.2 Å². The summed E-state index contributed by atoms with van der Waals surface area (Å²) in [6, 6.07) is 0.0628. The molecule has 2 heterocycles. The van der Waals surface area contributed by atoms with Gasteiger partial charge in [0.1, 0.15) is 0 Å². The van der Waals surface area contributed by atoms with Crippen LogP contribution in [0.3, 0.4) is 0 Å². The number of rotatable bonds is 4. The molecule has 130 valence electrons. The molecule has 0 unspecified atom stereocenters. The van der Waals surface area contributed by atoms with E-state index >= 15 is 0 Å². The van der Waals surface area contributed by atoms with E-state index < -0.39 is 0 Å². The molecule has 0 radical (unpaired) electrons. The molecule has 3 rings (SSSR count). The largest absolute Gasteiger partial charge is 0.341 e. The molecule has 0 saturated carbocycles. The number of hydrogen-bond donors (Lipinski definition) is 0. The standard InChI is InChI=1S/C19H33N3O/c1-17(19(23)22-10-6-3-7-11-22)21-14-12-20(13-15-21)16-18-8-4-2-5-9-18/h2,4,17-18H,3,5-16H2,1H3/t17-,18-/m1/s1. The molecule has 0 aromatic carbocycles. The third-order valence-electron chi connectivity index (χ3n) is 5.87. The van der Waals surface area contributed by atoms with Gasteiger partial charge in [0, 0.05) is 45.8 Å². The maximum Gasteiger partial charge on any atom is 0.239 e. The molecule has 2 aliphatic heterocycles. The van der Waals surface area contributed by atoms with Crippen LogP contribution in [0.5, 0.6) is 0 Å². The minimum atomic E-state index is 0.0628. The molecule has 0 bridgehead atoms. The number of carbonyl (C=O) groups is 1. The van der Waals surface area contributed by atoms with E-state index in [2.05, 4.69) is 33.8 Å². The molecule has 0 aromatic rings. The predicted octanol–water partition coefficient (Wildman–Crippen LogP) is 2.36. The van der Waals surface area contributed by atoms with Gasteiger partial charge in [0.05, 0.1) is 6.04 Å². The van der Waals surface area contributed by atoms with Crippen LogP contribution in [-0.4, -0.2) is 72.5 Å². The summed E-state index contributed by atoms with van der Waals surface area (Å²) < 4.78 is 0. The quantitative estimate of drug-likeness (QED) is 0.744. The van der Waals surface area contributed by atoms with Crippen LogP contribution >= 0.6 is 0 Å². The van der Waals surface area contributed by atoms with Crippen molar-refractivity contribution in [3.8, 4) is 0 Å². The minimum absolute atomic E-state index is 0.0628. The summed E-state index contributed by atoms with van der Waals surface area (Å²) in [7, 11) is 0. The first-order chi connectivity index (χ1) is 11.2. The number of likely N-dealkylation sites (tertiary alicyclic amines) is 1. The van der Waals surface area contributed by atoms with E-state index in [1.807, 2.05) is 0 Å². The first-order valence-electron chi connectivity index (χ1n) is 9.64. The van der Waals surface area contributed by atoms with Gasteiger partial charge >= 0.3 is 0 Å². The monoisotopic (exact) mass is 319 g/mol. The molecule has 1 aliphatic carbocycles. The van der Waals surface area contributed by atoms with Crippen molar-refractivity contribution < 1.29 is 4.79 Å². The average molecular weight is 319 g/mol. The maximum absolute atomic E-state index is 12.7. The van der Waals surface area contributed by atoms with Crippen LogP contribution in [-0.2, 0) is 4.79 Å². The molecule has 3 aliphatic rings. The van der Waals surface area contributed by atoms with Gasteiger partial charge in [0.15, 0.2) is 0 Å². The fraction of sp³-hybridized carbons (Fsp3) is 0.842. The van der Waals surface area contributed by atoms with Crippen molar-refractivity contribution in [2.24, 2.45) is 5.92 Å². The number of carbonyl (C=O) groups excluding carboxylic acids is 1. The molecule has 4 heteroatoms. The van der Waals surface area contributed by atoms with Crippen molar-refractivity contribution in [1.29, 1.82) is 0 Å². The Labute approximate surface area is 141 Å². The van der Waals surface area contributed by atoms with Crippen molar-refractivity contribution >= 4 is 5.91 Å². The van der Waals surface area contributed by atoms with Crippen molar-refractivity contribution in [3.63, 3.8) is 0 Å². The van der Waals surface area contributed by atoms with Crippen molar-refractivity contribution in [2.75, 3.05) is 45.8 Å². The zero-order valence-electron chi connectivity index (χ0n) is 14.8. The molecule has 2 fully saturated rings. The third-order valence-corrected chi connectivity index (χ3v) is 5.87. The molecular weight excluding hydrogens is 286 g/mol. The Bertz CT molecular complexity index is 409. The zero-order valence-corrected chi connectivity index (χ0v) is 14.8. The van der Waals surface area contributed by atoms with E-state index in [0.29, 0.717) is 5.91 Å². The fourth-order valence-corrected chi connectivity index (χ4v) is 4.26. The van der Waals surface area contributed by atoms with E-state index in [9.17, 15) is 4.79 Å². The molecule has 4 nitrogen and oxygen atoms in total. The summed E-state index contributed by atoms with van der Waals surface area (Å²) in [5.41, 5.74) is 0. The fourth-order valence-electron chi connectivity index (χ4n) is 4.26. The molecule has 23 heavy (non-hydrogen) atoms. The molecule has 0 spiro atoms. The SMILES string of the molecule is C[C@H](C(=O)N1CCCCC1)N1CCN(C[C@@H]2CC=CCC2)CC1. The Hall–Kier alpha value is -0.870. The Morgan fingerprint density at radius 2 is 1.78 bits per heavy atom. The Morgan fingerprint density at radius 1 is 1.04 bits per heavy atom. The van der Waals surface area contributed by atoms with Crippen LogP contribution in [0.1, 0.15) is 45.4 Å². The van der Waals surface area contributed by atoms with Crippen LogP contribution in [0, 0.1) is 5.92 Å². The second-order valence-electron chi connectivity index (χ2n) is 7.55. The lowest BCUT2D eigenvalue weighted by atomic mass is 9.94. The molecule has 2 atom stereocenters. The Morgan fingerprint density at radius 3 is 2.43 bits per heavy atom. The Balaban J connectivity index is 1.42. The van der Waals surface area contributed by atoms with Crippen molar-refractivity contribution in [1.82, 2.24) is 14.7 Å². The summed E-state index contributed by atoms with van der Waals surface area (Å²) in [4.78, 5) is 19.8. The maximum atomic E-state index is 12.7. The smallest absolute Gasteiger partial charge is 0.239 e. The highest BCUT2D eigenvalue weighted by atomic mass is 16.2. The van der Waals surface area contributed by atoms with Gasteiger partial charge in [-0.2, -0.15) is 0 Å². The van der Waals surface area contributed by atoms with Crippen LogP contribution in [0.4, 0.5) is 0 Å². The van der Waals surface area contributed by atoms with Crippen LogP contribution in [0.2, 0.25) is 0 Å². The molecule has 2 saturated heterocycles. The predicted molar refractivity (Wildman–Crippen MR) is 94.4 cm³/mol.